The summed E-state index contributed by atoms with van der Waals surface area (Å²) in [6.07, 6.45) is 0.679. The molecule has 4 aromatic carbocycles. The number of rotatable bonds is 6. The lowest BCUT2D eigenvalue weighted by atomic mass is 10.0. The van der Waals surface area contributed by atoms with Crippen LogP contribution in [0.3, 0.4) is 0 Å². The lowest BCUT2D eigenvalue weighted by Gasteiger charge is -2.28. The summed E-state index contributed by atoms with van der Waals surface area (Å²) in [5, 5.41) is 2.23. The SMILES string of the molecule is COCCn1c(=NC(=O)c2ccc(S(=O)(=O)N3CCc4ccccc4C3)cc2)sc2c3ccccc3ccc21. The van der Waals surface area contributed by atoms with E-state index in [9.17, 15) is 13.2 Å². The number of sulfonamides is 1. The van der Waals surface area contributed by atoms with Crippen molar-refractivity contribution in [1.29, 1.82) is 0 Å². The number of benzene rings is 4. The van der Waals surface area contributed by atoms with Crippen molar-refractivity contribution in [3.63, 3.8) is 0 Å². The highest BCUT2D eigenvalue weighted by molar-refractivity contribution is 7.89. The van der Waals surface area contributed by atoms with Gasteiger partial charge in [0.05, 0.1) is 21.7 Å². The van der Waals surface area contributed by atoms with Crippen molar-refractivity contribution >= 4 is 48.3 Å². The van der Waals surface area contributed by atoms with Crippen molar-refractivity contribution < 1.29 is 17.9 Å². The normalized spacial score (nSPS) is 14.6. The molecule has 39 heavy (non-hydrogen) atoms. The maximum atomic E-state index is 13.3. The minimum Gasteiger partial charge on any atom is -0.383 e. The molecule has 0 atom stereocenters. The Bertz CT molecular complexity index is 1870. The Hall–Kier alpha value is -3.63. The number of amides is 1. The van der Waals surface area contributed by atoms with Crippen LogP contribution in [-0.2, 0) is 34.3 Å². The molecule has 1 aromatic heterocycles. The minimum absolute atomic E-state index is 0.168. The predicted molar refractivity (Wildman–Crippen MR) is 153 cm³/mol. The summed E-state index contributed by atoms with van der Waals surface area (Å²) < 4.78 is 36.5. The maximum Gasteiger partial charge on any atom is 0.279 e. The molecule has 0 N–H and O–H groups in total. The summed E-state index contributed by atoms with van der Waals surface area (Å²) in [4.78, 5) is 18.4. The van der Waals surface area contributed by atoms with E-state index in [0.29, 0.717) is 43.0 Å². The standard InChI is InChI=1S/C30H27N3O4S2/c1-37-19-18-33-27-15-12-22-7-4-5-9-26(22)28(27)38-30(33)31-29(34)23-10-13-25(14-11-23)39(35,36)32-17-16-21-6-2-3-8-24(21)20-32/h2-15H,16-20H2,1H3. The van der Waals surface area contributed by atoms with Crippen molar-refractivity contribution in [2.24, 2.45) is 4.99 Å². The number of aromatic nitrogens is 1. The van der Waals surface area contributed by atoms with Gasteiger partial charge in [0, 0.05) is 37.7 Å². The number of carbonyl (C=O) groups excluding carboxylic acids is 1. The summed E-state index contributed by atoms with van der Waals surface area (Å²) >= 11 is 1.46. The lowest BCUT2D eigenvalue weighted by Crippen LogP contribution is -2.35. The third kappa shape index (κ3) is 4.83. The molecule has 0 fully saturated rings. The van der Waals surface area contributed by atoms with Gasteiger partial charge >= 0.3 is 0 Å². The zero-order valence-corrected chi connectivity index (χ0v) is 23.0. The Morgan fingerprint density at radius 1 is 0.949 bits per heavy atom. The van der Waals surface area contributed by atoms with Gasteiger partial charge in [-0.15, -0.1) is 0 Å². The Kier molecular flexibility index (Phi) is 6.90. The summed E-state index contributed by atoms with van der Waals surface area (Å²) in [5.41, 5.74) is 3.53. The fraction of sp³-hybridized carbons (Fsp3) is 0.200. The van der Waals surface area contributed by atoms with E-state index in [1.807, 2.05) is 47.0 Å². The highest BCUT2D eigenvalue weighted by Crippen LogP contribution is 2.28. The molecule has 0 spiro atoms. The number of ether oxygens (including phenoxy) is 1. The van der Waals surface area contributed by atoms with E-state index in [4.69, 9.17) is 4.74 Å². The van der Waals surface area contributed by atoms with Crippen LogP contribution in [0.5, 0.6) is 0 Å². The fourth-order valence-electron chi connectivity index (χ4n) is 5.03. The molecular weight excluding hydrogens is 530 g/mol. The highest BCUT2D eigenvalue weighted by Gasteiger charge is 2.28. The van der Waals surface area contributed by atoms with E-state index in [-0.39, 0.29) is 4.90 Å². The van der Waals surface area contributed by atoms with Crippen LogP contribution in [-0.4, -0.2) is 43.5 Å². The number of nitrogens with zero attached hydrogens (tertiary/aromatic N) is 3. The zero-order chi connectivity index (χ0) is 27.0. The number of methoxy groups -OCH3 is 1. The van der Waals surface area contributed by atoms with Crippen molar-refractivity contribution in [3.8, 4) is 0 Å². The first-order valence-corrected chi connectivity index (χ1v) is 15.0. The van der Waals surface area contributed by atoms with Crippen molar-refractivity contribution in [3.05, 3.63) is 106 Å². The maximum absolute atomic E-state index is 13.3. The van der Waals surface area contributed by atoms with Gasteiger partial charge < -0.3 is 9.30 Å². The molecule has 1 aliphatic heterocycles. The molecule has 0 aliphatic carbocycles. The molecule has 0 bridgehead atoms. The summed E-state index contributed by atoms with van der Waals surface area (Å²) in [7, 11) is -2.04. The van der Waals surface area contributed by atoms with Crippen LogP contribution in [0.4, 0.5) is 0 Å². The molecule has 0 radical (unpaired) electrons. The number of hydrogen-bond donors (Lipinski definition) is 0. The lowest BCUT2D eigenvalue weighted by molar-refractivity contribution is 0.0997. The first kappa shape index (κ1) is 25.6. The molecule has 6 rings (SSSR count). The second-order valence-electron chi connectivity index (χ2n) is 9.46. The highest BCUT2D eigenvalue weighted by atomic mass is 32.2. The van der Waals surface area contributed by atoms with Crippen LogP contribution in [0.1, 0.15) is 21.5 Å². The predicted octanol–water partition coefficient (Wildman–Crippen LogP) is 4.99. The van der Waals surface area contributed by atoms with Crippen LogP contribution >= 0.6 is 11.3 Å². The topological polar surface area (TPSA) is 81.0 Å². The van der Waals surface area contributed by atoms with Gasteiger partial charge in [-0.1, -0.05) is 65.9 Å². The smallest absolute Gasteiger partial charge is 0.279 e. The van der Waals surface area contributed by atoms with Crippen molar-refractivity contribution in [2.75, 3.05) is 20.3 Å². The Balaban J connectivity index is 1.31. The van der Waals surface area contributed by atoms with Crippen molar-refractivity contribution in [1.82, 2.24) is 8.87 Å². The number of fused-ring (bicyclic) bond motifs is 4. The fourth-order valence-corrected chi connectivity index (χ4v) is 7.64. The molecule has 1 aliphatic rings. The molecule has 198 valence electrons. The number of thiazole rings is 1. The third-order valence-electron chi connectivity index (χ3n) is 7.12. The van der Waals surface area contributed by atoms with E-state index in [2.05, 4.69) is 23.2 Å². The third-order valence-corrected chi connectivity index (χ3v) is 10.1. The zero-order valence-electron chi connectivity index (χ0n) is 21.4. The first-order chi connectivity index (χ1) is 19.0. The molecular formula is C30H27N3O4S2. The quantitative estimate of drug-likeness (QED) is 0.295. The monoisotopic (exact) mass is 557 g/mol. The second kappa shape index (κ2) is 10.5. The van der Waals surface area contributed by atoms with Gasteiger partial charge in [0.15, 0.2) is 4.80 Å². The van der Waals surface area contributed by atoms with Crippen LogP contribution in [0.25, 0.3) is 21.0 Å². The molecule has 0 unspecified atom stereocenters. The van der Waals surface area contributed by atoms with Gasteiger partial charge in [-0.25, -0.2) is 8.42 Å². The number of hydrogen-bond acceptors (Lipinski definition) is 5. The van der Waals surface area contributed by atoms with Gasteiger partial charge in [-0.05, 0) is 53.3 Å². The molecule has 2 heterocycles. The van der Waals surface area contributed by atoms with Crippen LogP contribution in [0, 0.1) is 0 Å². The summed E-state index contributed by atoms with van der Waals surface area (Å²) in [6.45, 7) is 1.80. The number of carbonyl (C=O) groups is 1. The Morgan fingerprint density at radius 3 is 2.49 bits per heavy atom. The summed E-state index contributed by atoms with van der Waals surface area (Å²) in [6, 6.07) is 26.2. The Morgan fingerprint density at radius 2 is 1.69 bits per heavy atom. The van der Waals surface area contributed by atoms with E-state index in [1.165, 1.54) is 33.3 Å². The summed E-state index contributed by atoms with van der Waals surface area (Å²) in [5.74, 6) is -0.423. The van der Waals surface area contributed by atoms with Crippen molar-refractivity contribution in [2.45, 2.75) is 24.4 Å². The molecule has 7 nitrogen and oxygen atoms in total. The first-order valence-electron chi connectivity index (χ1n) is 12.7. The van der Waals surface area contributed by atoms with Crippen LogP contribution < -0.4 is 4.80 Å². The van der Waals surface area contributed by atoms with E-state index >= 15 is 0 Å². The molecule has 0 saturated heterocycles. The van der Waals surface area contributed by atoms with Gasteiger partial charge in [-0.2, -0.15) is 9.30 Å². The minimum atomic E-state index is -3.69. The molecule has 9 heteroatoms. The van der Waals surface area contributed by atoms with E-state index < -0.39 is 15.9 Å². The van der Waals surface area contributed by atoms with Crippen LogP contribution in [0.2, 0.25) is 0 Å². The average Bonchev–Trinajstić information content (AvgIpc) is 3.33. The van der Waals surface area contributed by atoms with E-state index in [0.717, 1.165) is 26.6 Å². The van der Waals surface area contributed by atoms with Gasteiger partial charge in [-0.3, -0.25) is 4.79 Å². The van der Waals surface area contributed by atoms with Gasteiger partial charge in [0.1, 0.15) is 0 Å². The molecule has 5 aromatic rings. The second-order valence-corrected chi connectivity index (χ2v) is 12.4. The largest absolute Gasteiger partial charge is 0.383 e. The van der Waals surface area contributed by atoms with Gasteiger partial charge in [0.25, 0.3) is 5.91 Å². The average molecular weight is 558 g/mol. The Labute approximate surface area is 230 Å². The van der Waals surface area contributed by atoms with E-state index in [1.54, 1.807) is 19.2 Å². The molecule has 0 saturated carbocycles. The van der Waals surface area contributed by atoms with Gasteiger partial charge in [0.2, 0.25) is 10.0 Å². The molecule has 1 amide bonds. The van der Waals surface area contributed by atoms with Crippen LogP contribution in [0.15, 0.2) is 94.8 Å².